The maximum Gasteiger partial charge on any atom is 0.243 e. The summed E-state index contributed by atoms with van der Waals surface area (Å²) in [6, 6.07) is 15.6. The summed E-state index contributed by atoms with van der Waals surface area (Å²) in [7, 11) is -3.40. The molecule has 2 aromatic carbocycles. The lowest BCUT2D eigenvalue weighted by molar-refractivity contribution is 0.0568. The van der Waals surface area contributed by atoms with Crippen molar-refractivity contribution in [2.45, 2.75) is 42.7 Å². The Morgan fingerprint density at radius 3 is 2.10 bits per heavy atom. The van der Waals surface area contributed by atoms with E-state index in [2.05, 4.69) is 4.90 Å². The molecule has 7 heteroatoms. The second-order valence-electron chi connectivity index (χ2n) is 7.73. The fraction of sp³-hybridized carbons (Fsp3) is 0.455. The molecule has 156 valence electrons. The smallest absolute Gasteiger partial charge is 0.243 e. The number of rotatable bonds is 5. The Balaban J connectivity index is 1.28. The fourth-order valence-electron chi connectivity index (χ4n) is 4.27. The minimum absolute atomic E-state index is 0.0293. The molecule has 2 fully saturated rings. The van der Waals surface area contributed by atoms with E-state index in [1.165, 1.54) is 6.07 Å². The zero-order valence-electron chi connectivity index (χ0n) is 16.4. The van der Waals surface area contributed by atoms with Crippen LogP contribution in [0.5, 0.6) is 5.75 Å². The molecule has 0 spiro atoms. The van der Waals surface area contributed by atoms with Crippen LogP contribution < -0.4 is 4.74 Å². The summed E-state index contributed by atoms with van der Waals surface area (Å²) in [6.45, 7) is 2.89. The lowest BCUT2D eigenvalue weighted by Crippen LogP contribution is -2.50. The maximum atomic E-state index is 13.8. The summed E-state index contributed by atoms with van der Waals surface area (Å²) >= 11 is 0. The van der Waals surface area contributed by atoms with E-state index in [4.69, 9.17) is 4.74 Å². The van der Waals surface area contributed by atoms with Crippen molar-refractivity contribution in [2.24, 2.45) is 0 Å². The van der Waals surface area contributed by atoms with Gasteiger partial charge in [0.25, 0.3) is 0 Å². The van der Waals surface area contributed by atoms with E-state index < -0.39 is 10.0 Å². The third-order valence-corrected chi connectivity index (χ3v) is 7.84. The van der Waals surface area contributed by atoms with Gasteiger partial charge < -0.3 is 9.64 Å². The quantitative estimate of drug-likeness (QED) is 0.746. The molecule has 0 aliphatic carbocycles. The monoisotopic (exact) mass is 418 g/mol. The summed E-state index contributed by atoms with van der Waals surface area (Å²) < 4.78 is 46.8. The molecule has 0 saturated carbocycles. The number of ether oxygens (including phenoxy) is 1. The summed E-state index contributed by atoms with van der Waals surface area (Å²) in [6.07, 6.45) is 3.42. The molecular weight excluding hydrogens is 391 g/mol. The lowest BCUT2D eigenvalue weighted by Gasteiger charge is -2.41. The highest BCUT2D eigenvalue weighted by atomic mass is 32.2. The minimum Gasteiger partial charge on any atom is -0.487 e. The molecular formula is C22H27FN2O3S. The number of sulfonamides is 1. The third kappa shape index (κ3) is 4.63. The highest BCUT2D eigenvalue weighted by Crippen LogP contribution is 2.27. The summed E-state index contributed by atoms with van der Waals surface area (Å²) in [5.74, 6) is 0.00676. The first kappa shape index (κ1) is 20.3. The van der Waals surface area contributed by atoms with Crippen LogP contribution in [0.4, 0.5) is 4.39 Å². The molecule has 2 aliphatic rings. The number of hydrogen-bond donors (Lipinski definition) is 0. The molecule has 2 aliphatic heterocycles. The highest BCUT2D eigenvalue weighted by molar-refractivity contribution is 7.89. The van der Waals surface area contributed by atoms with Gasteiger partial charge in [0, 0.05) is 32.2 Å². The Morgan fingerprint density at radius 2 is 1.45 bits per heavy atom. The van der Waals surface area contributed by atoms with Crippen molar-refractivity contribution < 1.29 is 17.5 Å². The second kappa shape index (κ2) is 8.81. The van der Waals surface area contributed by atoms with Crippen LogP contribution >= 0.6 is 0 Å². The van der Waals surface area contributed by atoms with E-state index in [9.17, 15) is 12.8 Å². The molecule has 0 amide bonds. The Kier molecular flexibility index (Phi) is 6.18. The molecule has 29 heavy (non-hydrogen) atoms. The highest BCUT2D eigenvalue weighted by Gasteiger charge is 2.33. The predicted octanol–water partition coefficient (Wildman–Crippen LogP) is 3.52. The largest absolute Gasteiger partial charge is 0.487 e. The van der Waals surface area contributed by atoms with Crippen molar-refractivity contribution in [3.63, 3.8) is 0 Å². The zero-order chi connectivity index (χ0) is 20.3. The van der Waals surface area contributed by atoms with Crippen LogP contribution in [0.25, 0.3) is 0 Å². The van der Waals surface area contributed by atoms with Crippen molar-refractivity contribution in [2.75, 3.05) is 26.2 Å². The molecule has 2 heterocycles. The number of nitrogens with zero attached hydrogens (tertiary/aromatic N) is 2. The van der Waals surface area contributed by atoms with E-state index in [-0.39, 0.29) is 11.9 Å². The van der Waals surface area contributed by atoms with Crippen LogP contribution in [0.3, 0.4) is 0 Å². The molecule has 5 nitrogen and oxygen atoms in total. The van der Waals surface area contributed by atoms with E-state index in [1.54, 1.807) is 46.8 Å². The number of hydrogen-bond acceptors (Lipinski definition) is 4. The minimum atomic E-state index is -3.40. The SMILES string of the molecule is O=S(=O)(c1ccccc1)N1CCC(N2CCC(Oc3ccccc3F)CC2)CC1. The van der Waals surface area contributed by atoms with Gasteiger partial charge >= 0.3 is 0 Å². The van der Waals surface area contributed by atoms with Crippen LogP contribution in [0.1, 0.15) is 25.7 Å². The Bertz CT molecular complexity index is 907. The third-order valence-electron chi connectivity index (χ3n) is 5.93. The zero-order valence-corrected chi connectivity index (χ0v) is 17.2. The molecule has 0 aromatic heterocycles. The van der Waals surface area contributed by atoms with Crippen LogP contribution in [0, 0.1) is 5.82 Å². The normalized spacial score (nSPS) is 20.6. The molecule has 2 aromatic rings. The second-order valence-corrected chi connectivity index (χ2v) is 9.67. The van der Waals surface area contributed by atoms with Crippen LogP contribution in [-0.4, -0.2) is 55.9 Å². The Labute approximate surface area is 172 Å². The van der Waals surface area contributed by atoms with Gasteiger partial charge in [0.1, 0.15) is 6.10 Å². The topological polar surface area (TPSA) is 49.9 Å². The summed E-state index contributed by atoms with van der Waals surface area (Å²) in [5.41, 5.74) is 0. The van der Waals surface area contributed by atoms with Crippen molar-refractivity contribution in [1.82, 2.24) is 9.21 Å². The first-order valence-electron chi connectivity index (χ1n) is 10.2. The van der Waals surface area contributed by atoms with Crippen LogP contribution in [0.15, 0.2) is 59.5 Å². The van der Waals surface area contributed by atoms with Gasteiger partial charge in [-0.1, -0.05) is 30.3 Å². The molecule has 0 atom stereocenters. The molecule has 4 rings (SSSR count). The van der Waals surface area contributed by atoms with Crippen LogP contribution in [0.2, 0.25) is 0 Å². The molecule has 2 saturated heterocycles. The first-order chi connectivity index (χ1) is 14.0. The first-order valence-corrected chi connectivity index (χ1v) is 11.7. The molecule has 0 bridgehead atoms. The average Bonchev–Trinajstić information content (AvgIpc) is 2.77. The fourth-order valence-corrected chi connectivity index (χ4v) is 5.76. The number of piperidine rings is 2. The molecule has 0 N–H and O–H groups in total. The lowest BCUT2D eigenvalue weighted by atomic mass is 10.00. The van der Waals surface area contributed by atoms with Crippen molar-refractivity contribution in [3.8, 4) is 5.75 Å². The van der Waals surface area contributed by atoms with Crippen molar-refractivity contribution >= 4 is 10.0 Å². The van der Waals surface area contributed by atoms with Gasteiger partial charge in [-0.2, -0.15) is 4.31 Å². The van der Waals surface area contributed by atoms with E-state index in [0.29, 0.717) is 29.8 Å². The van der Waals surface area contributed by atoms with Crippen molar-refractivity contribution in [3.05, 3.63) is 60.4 Å². The number of para-hydroxylation sites is 1. The van der Waals surface area contributed by atoms with Gasteiger partial charge in [-0.15, -0.1) is 0 Å². The predicted molar refractivity (Wildman–Crippen MR) is 110 cm³/mol. The Morgan fingerprint density at radius 1 is 0.828 bits per heavy atom. The maximum absolute atomic E-state index is 13.8. The standard InChI is InChI=1S/C22H27FN2O3S/c23-21-8-4-5-9-22(21)28-19-12-14-24(15-13-19)18-10-16-25(17-11-18)29(26,27)20-6-2-1-3-7-20/h1-9,18-19H,10-17H2. The molecule has 0 radical (unpaired) electrons. The van der Waals surface area contributed by atoms with Crippen molar-refractivity contribution in [1.29, 1.82) is 0 Å². The average molecular weight is 419 g/mol. The van der Waals surface area contributed by atoms with E-state index >= 15 is 0 Å². The summed E-state index contributed by atoms with van der Waals surface area (Å²) in [4.78, 5) is 2.80. The summed E-state index contributed by atoms with van der Waals surface area (Å²) in [5, 5.41) is 0. The molecule has 0 unspecified atom stereocenters. The number of benzene rings is 2. The van der Waals surface area contributed by atoms with Gasteiger partial charge in [-0.25, -0.2) is 12.8 Å². The van der Waals surface area contributed by atoms with Gasteiger partial charge in [-0.3, -0.25) is 0 Å². The van der Waals surface area contributed by atoms with Crippen LogP contribution in [-0.2, 0) is 10.0 Å². The van der Waals surface area contributed by atoms with Gasteiger partial charge in [0.2, 0.25) is 10.0 Å². The number of likely N-dealkylation sites (tertiary alicyclic amines) is 1. The number of halogens is 1. The van der Waals surface area contributed by atoms with E-state index in [0.717, 1.165) is 38.8 Å². The van der Waals surface area contributed by atoms with Gasteiger partial charge in [0.15, 0.2) is 11.6 Å². The Hall–Kier alpha value is -1.96. The van der Waals surface area contributed by atoms with Gasteiger partial charge in [0.05, 0.1) is 4.90 Å². The van der Waals surface area contributed by atoms with E-state index in [1.807, 2.05) is 6.07 Å². The van der Waals surface area contributed by atoms with Gasteiger partial charge in [-0.05, 0) is 49.9 Å².